The Morgan fingerprint density at radius 1 is 1.22 bits per heavy atom. The minimum absolute atomic E-state index is 0. The molecule has 0 aliphatic carbocycles. The topological polar surface area (TPSA) is 167 Å². The fraction of sp³-hybridized carbons (Fsp3) is 0.571. The summed E-state index contributed by atoms with van der Waals surface area (Å²) in [5.74, 6) is -5.60. The van der Waals surface area contributed by atoms with Crippen LogP contribution in [-0.2, 0) is 18.8 Å². The van der Waals surface area contributed by atoms with E-state index in [-0.39, 0.29) is 51.4 Å². The van der Waals surface area contributed by atoms with Gasteiger partial charge in [0.2, 0.25) is 0 Å². The van der Waals surface area contributed by atoms with Crippen molar-refractivity contribution < 1.29 is 95.1 Å². The molecule has 98 valence electrons. The molecule has 0 spiro atoms. The van der Waals surface area contributed by atoms with Crippen molar-refractivity contribution in [3.63, 3.8) is 0 Å². The molecule has 0 radical (unpaired) electrons. The van der Waals surface area contributed by atoms with Crippen LogP contribution in [0.15, 0.2) is 0 Å². The minimum Gasteiger partial charge on any atom is -0.550 e. The van der Waals surface area contributed by atoms with E-state index in [4.69, 9.17) is 9.59 Å². The zero-order valence-electron chi connectivity index (χ0n) is 9.71. The first-order valence-electron chi connectivity index (χ1n) is 4.26. The summed E-state index contributed by atoms with van der Waals surface area (Å²) in [5.41, 5.74) is -3.02. The maximum atomic E-state index is 11.0. The van der Waals surface area contributed by atoms with Crippen LogP contribution in [0.25, 0.3) is 0 Å². The van der Waals surface area contributed by atoms with Gasteiger partial charge in [0.15, 0.2) is 0 Å². The molecule has 0 aromatic heterocycles. The second-order valence-corrected chi connectivity index (χ2v) is 5.52. The fourth-order valence-electron chi connectivity index (χ4n) is 0.936. The van der Waals surface area contributed by atoms with Crippen LogP contribution in [-0.4, -0.2) is 47.0 Å². The molecule has 0 aliphatic rings. The van der Waals surface area contributed by atoms with Gasteiger partial charge in [-0.05, 0) is 0 Å². The van der Waals surface area contributed by atoms with E-state index in [0.717, 1.165) is 6.55 Å². The summed E-state index contributed by atoms with van der Waals surface area (Å²) in [7, 11) is -4.23. The average Bonchev–Trinajstić information content (AvgIpc) is 1.96. The number of carbonyl (C=O) groups is 3. The number of hydrogen-bond donors (Lipinski definition) is 3. The van der Waals surface area contributed by atoms with Crippen LogP contribution in [0, 0.1) is 0 Å². The summed E-state index contributed by atoms with van der Waals surface area (Å²) in [6.45, 7) is 0.793. The summed E-state index contributed by atoms with van der Waals surface area (Å²) in [5, 5.41) is 30.0. The number of aliphatic carboxylic acids is 2. The van der Waals surface area contributed by atoms with Gasteiger partial charge in [0.25, 0.3) is 5.97 Å². The van der Waals surface area contributed by atoms with Gasteiger partial charge in [0, 0.05) is 18.9 Å². The van der Waals surface area contributed by atoms with Crippen molar-refractivity contribution >= 4 is 26.7 Å². The Hall–Kier alpha value is 0.143. The van der Waals surface area contributed by atoms with E-state index in [2.05, 4.69) is 4.43 Å². The molecule has 3 N–H and O–H groups in total. The Kier molecular flexibility index (Phi) is 8.71. The van der Waals surface area contributed by atoms with Crippen LogP contribution >= 0.6 is 0 Å². The molecule has 0 saturated carbocycles. The van der Waals surface area contributed by atoms with Crippen LogP contribution in [0.4, 0.5) is 0 Å². The quantitative estimate of drug-likeness (QED) is 0.403. The molecule has 0 aliphatic heterocycles. The normalized spacial score (nSPS) is 14.0. The molecule has 0 amide bonds. The molecular formula is C7H10KO9Si-. The molecule has 0 fully saturated rings. The molecule has 0 aromatic carbocycles. The molecule has 0 heterocycles. The Balaban J connectivity index is 0. The zero-order valence-corrected chi connectivity index (χ0v) is 13.8. The number of aliphatic hydroxyl groups is 1. The first-order chi connectivity index (χ1) is 7.46. The van der Waals surface area contributed by atoms with Crippen LogP contribution in [0.3, 0.4) is 0 Å². The number of hydrogen-bond acceptors (Lipinski definition) is 9. The van der Waals surface area contributed by atoms with E-state index in [1.807, 2.05) is 0 Å². The van der Waals surface area contributed by atoms with Crippen molar-refractivity contribution in [2.24, 2.45) is 0 Å². The van der Waals surface area contributed by atoms with Gasteiger partial charge in [-0.2, -0.15) is 0 Å². The van der Waals surface area contributed by atoms with E-state index in [1.54, 1.807) is 0 Å². The van der Waals surface area contributed by atoms with E-state index in [0.29, 0.717) is 0 Å². The van der Waals surface area contributed by atoms with Gasteiger partial charge in [-0.25, -0.2) is 0 Å². The van der Waals surface area contributed by atoms with Gasteiger partial charge >= 0.3 is 60.2 Å². The van der Waals surface area contributed by atoms with Gasteiger partial charge in [-0.3, -0.25) is 4.79 Å². The van der Waals surface area contributed by atoms with Gasteiger partial charge in [-0.1, -0.05) is 0 Å². The zero-order chi connectivity index (χ0) is 13.9. The largest absolute Gasteiger partial charge is 1.00 e. The third-order valence-corrected chi connectivity index (χ3v) is 2.18. The van der Waals surface area contributed by atoms with E-state index >= 15 is 0 Å². The average molecular weight is 305 g/mol. The third-order valence-electron chi connectivity index (χ3n) is 1.56. The van der Waals surface area contributed by atoms with Gasteiger partial charge < -0.3 is 38.9 Å². The van der Waals surface area contributed by atoms with Crippen LogP contribution < -0.4 is 61.6 Å². The van der Waals surface area contributed by atoms with E-state index < -0.39 is 45.2 Å². The van der Waals surface area contributed by atoms with Gasteiger partial charge in [-0.15, -0.1) is 0 Å². The van der Waals surface area contributed by atoms with Gasteiger partial charge in [0.1, 0.15) is 5.60 Å². The predicted molar refractivity (Wildman–Crippen MR) is 46.3 cm³/mol. The maximum absolute atomic E-state index is 11.0. The monoisotopic (exact) mass is 305 g/mol. The van der Waals surface area contributed by atoms with Crippen molar-refractivity contribution in [2.45, 2.75) is 25.0 Å². The van der Waals surface area contributed by atoms with Crippen LogP contribution in [0.2, 0.25) is 6.55 Å². The first-order valence-corrected chi connectivity index (χ1v) is 6.57. The Labute approximate surface area is 145 Å². The molecule has 0 aromatic rings. The van der Waals surface area contributed by atoms with Crippen molar-refractivity contribution in [3.05, 3.63) is 0 Å². The standard InChI is InChI=1S/C7H12O9Si.K/c1-17(14,15)16-5(10)3-7(13,6(11)12)2-4(8)9;/h13-15H,2-3H2,1H3,(H,8,9)(H,11,12);/q;+1/p-2. The van der Waals surface area contributed by atoms with E-state index in [9.17, 15) is 29.7 Å². The van der Waals surface area contributed by atoms with Crippen molar-refractivity contribution in [1.82, 2.24) is 0 Å². The number of carboxylic acid groups (broad SMARTS) is 2. The van der Waals surface area contributed by atoms with Gasteiger partial charge in [0.05, 0.1) is 12.4 Å². The van der Waals surface area contributed by atoms with Crippen LogP contribution in [0.1, 0.15) is 12.8 Å². The molecule has 18 heavy (non-hydrogen) atoms. The van der Waals surface area contributed by atoms with Crippen molar-refractivity contribution in [3.8, 4) is 0 Å². The summed E-state index contributed by atoms with van der Waals surface area (Å²) in [6.07, 6.45) is -2.69. The summed E-state index contributed by atoms with van der Waals surface area (Å²) >= 11 is 0. The first kappa shape index (κ1) is 20.5. The summed E-state index contributed by atoms with van der Waals surface area (Å²) in [6, 6.07) is 0. The Morgan fingerprint density at radius 3 is 1.94 bits per heavy atom. The van der Waals surface area contributed by atoms with E-state index in [1.165, 1.54) is 0 Å². The second kappa shape index (κ2) is 7.66. The Bertz CT molecular complexity index is 338. The van der Waals surface area contributed by atoms with Crippen molar-refractivity contribution in [2.75, 3.05) is 0 Å². The number of carboxylic acids is 2. The number of carbonyl (C=O) groups excluding carboxylic acids is 3. The summed E-state index contributed by atoms with van der Waals surface area (Å²) in [4.78, 5) is 49.2. The maximum Gasteiger partial charge on any atom is 1.00 e. The summed E-state index contributed by atoms with van der Waals surface area (Å²) < 4.78 is 4.01. The molecular weight excluding hydrogens is 295 g/mol. The molecule has 1 unspecified atom stereocenters. The fourth-order valence-corrected chi connectivity index (χ4v) is 1.44. The molecule has 1 atom stereocenters. The van der Waals surface area contributed by atoms with Crippen molar-refractivity contribution in [1.29, 1.82) is 0 Å². The molecule has 0 saturated heterocycles. The number of rotatable bonds is 6. The Morgan fingerprint density at radius 2 is 1.67 bits per heavy atom. The molecule has 9 nitrogen and oxygen atoms in total. The SMILES string of the molecule is C[Si](O)(O)OC(=O)CC(O)(CC(=O)[O-])C(=O)[O-].[K+]. The molecule has 11 heteroatoms. The smallest absolute Gasteiger partial charge is 0.550 e. The third kappa shape index (κ3) is 8.28. The second-order valence-electron chi connectivity index (χ2n) is 3.45. The van der Waals surface area contributed by atoms with Crippen LogP contribution in [0.5, 0.6) is 0 Å². The molecule has 0 rings (SSSR count). The predicted octanol–water partition coefficient (Wildman–Crippen LogP) is -7.90. The molecule has 0 bridgehead atoms. The minimum atomic E-state index is -4.23.